The van der Waals surface area contributed by atoms with Crippen LogP contribution in [0.3, 0.4) is 0 Å². The van der Waals surface area contributed by atoms with Crippen molar-refractivity contribution in [3.8, 4) is 0 Å². The zero-order chi connectivity index (χ0) is 4.57. The van der Waals surface area contributed by atoms with Crippen molar-refractivity contribution in [3.05, 3.63) is 18.1 Å². The monoisotopic (exact) mass is 81.1 g/mol. The third kappa shape index (κ3) is 0.469. The molecule has 0 fully saturated rings. The van der Waals surface area contributed by atoms with E-state index in [4.69, 9.17) is 0 Å². The molecule has 1 radical (unpaired) electrons. The van der Waals surface area contributed by atoms with Crippen LogP contribution >= 0.6 is 0 Å². The molecular formula is C6H9. The predicted octanol–water partition coefficient (Wildman–Crippen LogP) is 1.93. The predicted molar refractivity (Wildman–Crippen MR) is 27.3 cm³/mol. The summed E-state index contributed by atoms with van der Waals surface area (Å²) in [4.78, 5) is 0. The van der Waals surface area contributed by atoms with Gasteiger partial charge in [-0.2, -0.15) is 0 Å². The zero-order valence-corrected chi connectivity index (χ0v) is 4.12. The highest BCUT2D eigenvalue weighted by Crippen LogP contribution is 2.31. The van der Waals surface area contributed by atoms with Crippen LogP contribution in [-0.4, -0.2) is 0 Å². The van der Waals surface area contributed by atoms with Gasteiger partial charge in [-0.1, -0.05) is 18.1 Å². The minimum atomic E-state index is 1.22. The van der Waals surface area contributed by atoms with Crippen molar-refractivity contribution in [1.29, 1.82) is 0 Å². The third-order valence-corrected chi connectivity index (χ3v) is 1.23. The molecular weight excluding hydrogens is 72.1 g/mol. The van der Waals surface area contributed by atoms with Gasteiger partial charge in [0.25, 0.3) is 0 Å². The van der Waals surface area contributed by atoms with E-state index in [1.807, 2.05) is 0 Å². The van der Waals surface area contributed by atoms with Crippen molar-refractivity contribution in [1.82, 2.24) is 0 Å². The van der Waals surface area contributed by atoms with Crippen LogP contribution < -0.4 is 0 Å². The van der Waals surface area contributed by atoms with Crippen LogP contribution in [0.25, 0.3) is 0 Å². The summed E-state index contributed by atoms with van der Waals surface area (Å²) < 4.78 is 0. The fourth-order valence-corrected chi connectivity index (χ4v) is 0.588. The van der Waals surface area contributed by atoms with Crippen LogP contribution in [0.1, 0.15) is 19.8 Å². The molecule has 0 heteroatoms. The van der Waals surface area contributed by atoms with Gasteiger partial charge in [-0.25, -0.2) is 0 Å². The Morgan fingerprint density at radius 2 is 2.33 bits per heavy atom. The number of allylic oxidation sites excluding steroid dienone is 2. The van der Waals surface area contributed by atoms with Crippen molar-refractivity contribution in [3.63, 3.8) is 0 Å². The first kappa shape index (κ1) is 3.91. The van der Waals surface area contributed by atoms with Gasteiger partial charge in [-0.05, 0) is 19.8 Å². The molecule has 0 bridgehead atoms. The Balaban J connectivity index is 2.38. The maximum atomic E-state index is 3.78. The molecule has 0 aromatic rings. The topological polar surface area (TPSA) is 0 Å². The van der Waals surface area contributed by atoms with Crippen molar-refractivity contribution < 1.29 is 0 Å². The van der Waals surface area contributed by atoms with E-state index in [1.165, 1.54) is 18.4 Å². The largest absolute Gasteiger partial charge is 0.0669 e. The van der Waals surface area contributed by atoms with Crippen molar-refractivity contribution in [2.24, 2.45) is 0 Å². The SMILES string of the molecule is [CH2]C1=C(CC)C1. The van der Waals surface area contributed by atoms with Gasteiger partial charge in [0.1, 0.15) is 0 Å². The first-order valence-corrected chi connectivity index (χ1v) is 2.37. The lowest BCUT2D eigenvalue weighted by molar-refractivity contribution is 1.15. The second kappa shape index (κ2) is 1.11. The molecule has 0 saturated heterocycles. The highest BCUT2D eigenvalue weighted by atomic mass is 14.2. The maximum absolute atomic E-state index is 3.78. The lowest BCUT2D eigenvalue weighted by Crippen LogP contribution is -1.48. The van der Waals surface area contributed by atoms with E-state index in [-0.39, 0.29) is 0 Å². The van der Waals surface area contributed by atoms with Gasteiger partial charge in [0.05, 0.1) is 0 Å². The first-order chi connectivity index (χ1) is 2.84. The highest BCUT2D eigenvalue weighted by Gasteiger charge is 2.12. The molecule has 0 spiro atoms. The van der Waals surface area contributed by atoms with Crippen molar-refractivity contribution >= 4 is 0 Å². The molecule has 0 aliphatic heterocycles. The Morgan fingerprint density at radius 1 is 1.83 bits per heavy atom. The molecule has 1 aliphatic carbocycles. The second-order valence-corrected chi connectivity index (χ2v) is 1.74. The van der Waals surface area contributed by atoms with Gasteiger partial charge in [0.15, 0.2) is 0 Å². The molecule has 0 amide bonds. The quantitative estimate of drug-likeness (QED) is 0.452. The molecule has 0 atom stereocenters. The van der Waals surface area contributed by atoms with Crippen LogP contribution in [0.4, 0.5) is 0 Å². The third-order valence-electron chi connectivity index (χ3n) is 1.23. The van der Waals surface area contributed by atoms with E-state index in [0.717, 1.165) is 0 Å². The Hall–Kier alpha value is -0.260. The van der Waals surface area contributed by atoms with Gasteiger partial charge < -0.3 is 0 Å². The maximum Gasteiger partial charge on any atom is -0.0103 e. The van der Waals surface area contributed by atoms with Gasteiger partial charge in [-0.3, -0.25) is 0 Å². The molecule has 0 unspecified atom stereocenters. The molecule has 0 aromatic carbocycles. The van der Waals surface area contributed by atoms with E-state index < -0.39 is 0 Å². The zero-order valence-electron chi connectivity index (χ0n) is 4.12. The Bertz CT molecular complexity index is 88.2. The summed E-state index contributed by atoms with van der Waals surface area (Å²) in [6, 6.07) is 0. The van der Waals surface area contributed by atoms with Gasteiger partial charge >= 0.3 is 0 Å². The summed E-state index contributed by atoms with van der Waals surface area (Å²) in [6.45, 7) is 5.96. The van der Waals surface area contributed by atoms with Gasteiger partial charge in [0, 0.05) is 0 Å². The van der Waals surface area contributed by atoms with Crippen molar-refractivity contribution in [2.45, 2.75) is 19.8 Å². The number of hydrogen-bond acceptors (Lipinski definition) is 0. The standard InChI is InChI=1S/C6H9/c1-3-6-4-5(6)2/h2-4H2,1H3. The normalized spacial score (nSPS) is 19.0. The summed E-state index contributed by atoms with van der Waals surface area (Å²) in [6.07, 6.45) is 2.44. The molecule has 0 nitrogen and oxygen atoms in total. The number of hydrogen-bond donors (Lipinski definition) is 0. The molecule has 0 heterocycles. The van der Waals surface area contributed by atoms with Gasteiger partial charge in [-0.15, -0.1) is 0 Å². The summed E-state index contributed by atoms with van der Waals surface area (Å²) in [7, 11) is 0. The fourth-order valence-electron chi connectivity index (χ4n) is 0.588. The average molecular weight is 81.1 g/mol. The Labute approximate surface area is 38.9 Å². The molecule has 0 N–H and O–H groups in total. The second-order valence-electron chi connectivity index (χ2n) is 1.74. The molecule has 0 aromatic heterocycles. The number of rotatable bonds is 1. The Morgan fingerprint density at radius 3 is 2.33 bits per heavy atom. The minimum Gasteiger partial charge on any atom is -0.0669 e. The Kier molecular flexibility index (Phi) is 0.722. The highest BCUT2D eigenvalue weighted by molar-refractivity contribution is 5.36. The summed E-state index contributed by atoms with van der Waals surface area (Å²) in [5.41, 5.74) is 2.94. The molecule has 1 rings (SSSR count). The van der Waals surface area contributed by atoms with Crippen LogP contribution in [-0.2, 0) is 0 Å². The van der Waals surface area contributed by atoms with Crippen LogP contribution in [0, 0.1) is 6.92 Å². The average Bonchev–Trinajstić information content (AvgIpc) is 2.19. The van der Waals surface area contributed by atoms with E-state index >= 15 is 0 Å². The van der Waals surface area contributed by atoms with E-state index in [0.29, 0.717) is 0 Å². The van der Waals surface area contributed by atoms with E-state index in [9.17, 15) is 0 Å². The molecule has 33 valence electrons. The fraction of sp³-hybridized carbons (Fsp3) is 0.500. The lowest BCUT2D eigenvalue weighted by Gasteiger charge is -1.67. The summed E-state index contributed by atoms with van der Waals surface area (Å²) in [5.74, 6) is 0. The lowest BCUT2D eigenvalue weighted by atomic mass is 10.4. The summed E-state index contributed by atoms with van der Waals surface area (Å²) >= 11 is 0. The molecule has 0 saturated carbocycles. The smallest absolute Gasteiger partial charge is 0.0103 e. The van der Waals surface area contributed by atoms with Crippen molar-refractivity contribution in [2.75, 3.05) is 0 Å². The first-order valence-electron chi connectivity index (χ1n) is 2.37. The van der Waals surface area contributed by atoms with Crippen LogP contribution in [0.15, 0.2) is 11.1 Å². The molecule has 1 aliphatic rings. The molecule has 6 heavy (non-hydrogen) atoms. The van der Waals surface area contributed by atoms with E-state index in [2.05, 4.69) is 13.8 Å². The minimum absolute atomic E-state index is 1.22. The van der Waals surface area contributed by atoms with Crippen LogP contribution in [0.5, 0.6) is 0 Å². The summed E-state index contributed by atoms with van der Waals surface area (Å²) in [5, 5.41) is 0. The van der Waals surface area contributed by atoms with Gasteiger partial charge in [0.2, 0.25) is 0 Å². The van der Waals surface area contributed by atoms with E-state index in [1.54, 1.807) is 5.57 Å². The van der Waals surface area contributed by atoms with Crippen LogP contribution in [0.2, 0.25) is 0 Å².